The van der Waals surface area contributed by atoms with E-state index in [9.17, 15) is 14.0 Å². The fourth-order valence-electron chi connectivity index (χ4n) is 6.41. The number of esters is 1. The second kappa shape index (κ2) is 10.0. The van der Waals surface area contributed by atoms with Gasteiger partial charge in [0, 0.05) is 31.2 Å². The zero-order chi connectivity index (χ0) is 24.3. The third kappa shape index (κ3) is 5.08. The molecule has 3 aliphatic heterocycles. The van der Waals surface area contributed by atoms with E-state index >= 15 is 0 Å². The minimum Gasteiger partial charge on any atom is -0.455 e. The Balaban J connectivity index is 1.31. The molecule has 1 amide bonds. The van der Waals surface area contributed by atoms with E-state index in [-0.39, 0.29) is 23.8 Å². The molecule has 1 unspecified atom stereocenters. The molecule has 4 fully saturated rings. The molecule has 4 aliphatic rings. The first-order chi connectivity index (χ1) is 17.0. The number of aromatic nitrogens is 2. The van der Waals surface area contributed by atoms with Gasteiger partial charge in [0.2, 0.25) is 0 Å². The molecule has 0 radical (unpaired) electrons. The molecule has 2 bridgehead atoms. The number of nitrogens with one attached hydrogen (secondary N) is 1. The van der Waals surface area contributed by atoms with Gasteiger partial charge in [-0.05, 0) is 30.5 Å². The van der Waals surface area contributed by atoms with Crippen LogP contribution in [-0.2, 0) is 19.7 Å². The maximum atomic E-state index is 14.2. The zero-order valence-corrected chi connectivity index (χ0v) is 20.1. The van der Waals surface area contributed by atoms with Gasteiger partial charge < -0.3 is 14.5 Å². The van der Waals surface area contributed by atoms with E-state index in [0.29, 0.717) is 42.1 Å². The summed E-state index contributed by atoms with van der Waals surface area (Å²) in [5, 5.41) is 2.84. The van der Waals surface area contributed by atoms with Crippen molar-refractivity contribution in [3.05, 3.63) is 54.2 Å². The van der Waals surface area contributed by atoms with Crippen LogP contribution in [0, 0.1) is 11.7 Å². The first-order valence-corrected chi connectivity index (χ1v) is 12.9. The Labute approximate surface area is 205 Å². The molecule has 2 aromatic rings. The minimum absolute atomic E-state index is 0.101. The molecule has 8 heteroatoms. The van der Waals surface area contributed by atoms with Gasteiger partial charge in [-0.15, -0.1) is 0 Å². The van der Waals surface area contributed by atoms with Gasteiger partial charge in [0.15, 0.2) is 18.5 Å². The molecule has 6 rings (SSSR count). The van der Waals surface area contributed by atoms with Crippen LogP contribution in [0.25, 0.3) is 0 Å². The highest BCUT2D eigenvalue weighted by molar-refractivity contribution is 5.90. The second-order valence-electron chi connectivity index (χ2n) is 10.6. The quantitative estimate of drug-likeness (QED) is 0.383. The van der Waals surface area contributed by atoms with E-state index in [4.69, 9.17) is 4.74 Å². The summed E-state index contributed by atoms with van der Waals surface area (Å²) in [5.41, 5.74) is -0.0587. The standard InChI is InChI=1S/C27H33FN4O3/c28-22-7-5-6-21(16-22)27(10-3-1-2-4-11-27)26(34)35-23-18-32(14-8-20(23)9-15-32)19-25(33)31-24-17-29-12-13-30-24/h5-7,12-13,16-17,20,23H,1-4,8-11,14-15,18-19H2/p+1. The summed E-state index contributed by atoms with van der Waals surface area (Å²) < 4.78 is 21.1. The number of fused-ring (bicyclic) bond motifs is 3. The molecule has 3 saturated heterocycles. The molecular weight excluding hydrogens is 447 g/mol. The van der Waals surface area contributed by atoms with Crippen LogP contribution in [0.5, 0.6) is 0 Å². The Kier molecular flexibility index (Phi) is 6.82. The van der Waals surface area contributed by atoms with Gasteiger partial charge in [-0.1, -0.05) is 37.8 Å². The Morgan fingerprint density at radius 3 is 2.57 bits per heavy atom. The summed E-state index contributed by atoms with van der Waals surface area (Å²) in [7, 11) is 0. The number of nitrogens with zero attached hydrogens (tertiary/aromatic N) is 3. The van der Waals surface area contributed by atoms with Crippen molar-refractivity contribution in [2.75, 3.05) is 31.5 Å². The number of ether oxygens (including phenoxy) is 1. The summed E-state index contributed by atoms with van der Waals surface area (Å²) in [6.07, 6.45) is 11.7. The lowest BCUT2D eigenvalue weighted by Gasteiger charge is -2.52. The van der Waals surface area contributed by atoms with Crippen LogP contribution in [0.1, 0.15) is 56.9 Å². The van der Waals surface area contributed by atoms with E-state index in [0.717, 1.165) is 57.2 Å². The molecule has 1 N–H and O–H groups in total. The number of hydrogen-bond acceptors (Lipinski definition) is 5. The van der Waals surface area contributed by atoms with Crippen LogP contribution < -0.4 is 5.32 Å². The molecule has 186 valence electrons. The molecule has 35 heavy (non-hydrogen) atoms. The van der Waals surface area contributed by atoms with E-state index < -0.39 is 5.41 Å². The maximum Gasteiger partial charge on any atom is 0.317 e. The second-order valence-corrected chi connectivity index (χ2v) is 10.6. The summed E-state index contributed by atoms with van der Waals surface area (Å²) in [5.74, 6) is 0.121. The third-order valence-corrected chi connectivity index (χ3v) is 8.33. The minimum atomic E-state index is -0.793. The topological polar surface area (TPSA) is 81.2 Å². The summed E-state index contributed by atoms with van der Waals surface area (Å²) in [6, 6.07) is 6.49. The molecular formula is C27H34FN4O3+. The maximum absolute atomic E-state index is 14.2. The van der Waals surface area contributed by atoms with Crippen molar-refractivity contribution in [1.82, 2.24) is 9.97 Å². The van der Waals surface area contributed by atoms with Gasteiger partial charge in [0.25, 0.3) is 5.91 Å². The van der Waals surface area contributed by atoms with Crippen LogP contribution in [0.4, 0.5) is 10.2 Å². The molecule has 1 saturated carbocycles. The highest BCUT2D eigenvalue weighted by Gasteiger charge is 2.51. The number of piperidine rings is 3. The SMILES string of the molecule is O=C(C[N+]12CCC(CC1)C(OC(=O)C1(c3cccc(F)c3)CCCCCC1)C2)Nc1cnccn1. The van der Waals surface area contributed by atoms with E-state index in [1.807, 2.05) is 6.07 Å². The molecule has 7 nitrogen and oxygen atoms in total. The van der Waals surface area contributed by atoms with Crippen molar-refractivity contribution in [3.8, 4) is 0 Å². The fraction of sp³-hybridized carbons (Fsp3) is 0.556. The Hall–Kier alpha value is -2.87. The monoisotopic (exact) mass is 481 g/mol. The van der Waals surface area contributed by atoms with Crippen molar-refractivity contribution in [1.29, 1.82) is 0 Å². The van der Waals surface area contributed by atoms with Gasteiger partial charge in [0.05, 0.1) is 24.7 Å². The van der Waals surface area contributed by atoms with E-state index in [1.165, 1.54) is 18.3 Å². The number of anilines is 1. The number of halogens is 1. The lowest BCUT2D eigenvalue weighted by molar-refractivity contribution is -0.939. The van der Waals surface area contributed by atoms with Crippen LogP contribution in [0.2, 0.25) is 0 Å². The Bertz CT molecular complexity index is 1050. The number of benzene rings is 1. The van der Waals surface area contributed by atoms with Crippen molar-refractivity contribution >= 4 is 17.7 Å². The van der Waals surface area contributed by atoms with Gasteiger partial charge in [-0.2, -0.15) is 0 Å². The average Bonchev–Trinajstić information content (AvgIpc) is 3.12. The zero-order valence-electron chi connectivity index (χ0n) is 20.1. The number of carbonyl (C=O) groups is 2. The van der Waals surface area contributed by atoms with E-state index in [1.54, 1.807) is 18.5 Å². The molecule has 0 spiro atoms. The average molecular weight is 482 g/mol. The number of amides is 1. The first kappa shape index (κ1) is 23.9. The van der Waals surface area contributed by atoms with Crippen molar-refractivity contribution in [2.45, 2.75) is 62.9 Å². The normalized spacial score (nSPS) is 27.6. The summed E-state index contributed by atoms with van der Waals surface area (Å²) >= 11 is 0. The van der Waals surface area contributed by atoms with Crippen LogP contribution in [0.15, 0.2) is 42.9 Å². The molecule has 1 aliphatic carbocycles. The van der Waals surface area contributed by atoms with Crippen LogP contribution in [-0.4, -0.2) is 58.6 Å². The number of quaternary nitrogens is 1. The molecule has 1 aromatic heterocycles. The lowest BCUT2D eigenvalue weighted by atomic mass is 9.74. The lowest BCUT2D eigenvalue weighted by Crippen LogP contribution is -2.66. The molecule has 4 heterocycles. The third-order valence-electron chi connectivity index (χ3n) is 8.33. The highest BCUT2D eigenvalue weighted by atomic mass is 19.1. The van der Waals surface area contributed by atoms with E-state index in [2.05, 4.69) is 15.3 Å². The summed E-state index contributed by atoms with van der Waals surface area (Å²) in [4.78, 5) is 34.8. The Morgan fingerprint density at radius 1 is 1.11 bits per heavy atom. The number of hydrogen-bond donors (Lipinski definition) is 1. The highest BCUT2D eigenvalue weighted by Crippen LogP contribution is 2.42. The predicted octanol–water partition coefficient (Wildman–Crippen LogP) is 4.00. The smallest absolute Gasteiger partial charge is 0.317 e. The number of carbonyl (C=O) groups excluding carboxylic acids is 2. The van der Waals surface area contributed by atoms with Gasteiger partial charge >= 0.3 is 5.97 Å². The first-order valence-electron chi connectivity index (χ1n) is 12.9. The summed E-state index contributed by atoms with van der Waals surface area (Å²) in [6.45, 7) is 2.78. The van der Waals surface area contributed by atoms with Gasteiger partial charge in [-0.3, -0.25) is 14.6 Å². The largest absolute Gasteiger partial charge is 0.455 e. The molecule has 1 atom stereocenters. The fourth-order valence-corrected chi connectivity index (χ4v) is 6.41. The van der Waals surface area contributed by atoms with Crippen molar-refractivity contribution in [2.24, 2.45) is 5.92 Å². The van der Waals surface area contributed by atoms with Crippen molar-refractivity contribution < 1.29 is 23.2 Å². The van der Waals surface area contributed by atoms with Crippen molar-refractivity contribution in [3.63, 3.8) is 0 Å². The Morgan fingerprint density at radius 2 is 1.89 bits per heavy atom. The van der Waals surface area contributed by atoms with Gasteiger partial charge in [-0.25, -0.2) is 9.37 Å². The van der Waals surface area contributed by atoms with Crippen LogP contribution >= 0.6 is 0 Å². The predicted molar refractivity (Wildman–Crippen MR) is 129 cm³/mol. The number of rotatable bonds is 6. The van der Waals surface area contributed by atoms with Gasteiger partial charge in [0.1, 0.15) is 12.4 Å². The van der Waals surface area contributed by atoms with Crippen LogP contribution in [0.3, 0.4) is 0 Å². The molecule has 1 aromatic carbocycles.